The van der Waals surface area contributed by atoms with Crippen molar-refractivity contribution in [3.05, 3.63) is 112 Å². The van der Waals surface area contributed by atoms with Crippen LogP contribution in [-0.2, 0) is 16.4 Å². The quantitative estimate of drug-likeness (QED) is 0.182. The summed E-state index contributed by atoms with van der Waals surface area (Å²) in [6, 6.07) is 21.3. The van der Waals surface area contributed by atoms with Gasteiger partial charge in [0.2, 0.25) is 0 Å². The first kappa shape index (κ1) is 28.4. The van der Waals surface area contributed by atoms with E-state index in [1.807, 2.05) is 63.2 Å². The van der Waals surface area contributed by atoms with Crippen molar-refractivity contribution in [2.45, 2.75) is 38.5 Å². The van der Waals surface area contributed by atoms with E-state index in [2.05, 4.69) is 14.7 Å². The number of rotatable bonds is 9. The summed E-state index contributed by atoms with van der Waals surface area (Å²) in [5.74, 6) is -0.00299. The molecule has 7 nitrogen and oxygen atoms in total. The molecule has 0 radical (unpaired) electrons. The Hall–Kier alpha value is -4.14. The number of hydrogen-bond donors (Lipinski definition) is 2. The number of sulfonamides is 1. The lowest BCUT2D eigenvalue weighted by atomic mass is 10.0. The smallest absolute Gasteiger partial charge is 0.281 e. The molecule has 0 aliphatic rings. The molecule has 41 heavy (non-hydrogen) atoms. The minimum atomic E-state index is -4.07. The molecule has 2 aromatic heterocycles. The lowest BCUT2D eigenvalue weighted by molar-refractivity contribution is 0.0976. The number of amides is 1. The Morgan fingerprint density at radius 3 is 2.39 bits per heavy atom. The molecule has 2 heterocycles. The third kappa shape index (κ3) is 5.99. The Bertz CT molecular complexity index is 1830. The number of carbonyl (C=O) groups is 1. The fourth-order valence-electron chi connectivity index (χ4n) is 4.95. The van der Waals surface area contributed by atoms with E-state index in [4.69, 9.17) is 16.3 Å². The van der Waals surface area contributed by atoms with Crippen LogP contribution in [0.25, 0.3) is 22.2 Å². The second-order valence-electron chi connectivity index (χ2n) is 9.95. The number of aromatic amines is 1. The van der Waals surface area contributed by atoms with Crippen LogP contribution in [0.5, 0.6) is 5.75 Å². The maximum Gasteiger partial charge on any atom is 0.281 e. The number of fused-ring (bicyclic) bond motifs is 1. The van der Waals surface area contributed by atoms with Crippen LogP contribution < -0.4 is 9.46 Å². The molecule has 0 unspecified atom stereocenters. The highest BCUT2D eigenvalue weighted by molar-refractivity contribution is 7.90. The summed E-state index contributed by atoms with van der Waals surface area (Å²) in [5.41, 5.74) is 6.10. The molecule has 0 spiro atoms. The highest BCUT2D eigenvalue weighted by Crippen LogP contribution is 2.33. The molecule has 5 rings (SSSR count). The summed E-state index contributed by atoms with van der Waals surface area (Å²) < 4.78 is 34.2. The van der Waals surface area contributed by atoms with Gasteiger partial charge in [0, 0.05) is 22.2 Å². The summed E-state index contributed by atoms with van der Waals surface area (Å²) in [5, 5.41) is 1.55. The number of benzene rings is 3. The zero-order valence-electron chi connectivity index (χ0n) is 23.0. The number of nitrogens with one attached hydrogen (secondary N) is 2. The van der Waals surface area contributed by atoms with Crippen LogP contribution >= 0.6 is 11.6 Å². The standard InChI is InChI=1S/C32H30ClN3O4S/c1-20-10-8-16-34-29(20)27-14-7-13-25-26(15-9-17-40-23-18-21(2)28(33)22(3)19-23)31(35-30(25)27)32(37)36-41(38,39)24-11-5-4-6-12-24/h4-8,10-14,16,18-19,35H,9,15,17H2,1-3H3,(H,36,37). The monoisotopic (exact) mass is 587 g/mol. The predicted octanol–water partition coefficient (Wildman–Crippen LogP) is 6.94. The topological polar surface area (TPSA) is 101 Å². The number of aryl methyl sites for hydroxylation is 4. The maximum atomic E-state index is 13.5. The van der Waals surface area contributed by atoms with Crippen molar-refractivity contribution in [2.24, 2.45) is 0 Å². The number of pyridine rings is 1. The Balaban J connectivity index is 1.48. The second-order valence-corrected chi connectivity index (χ2v) is 12.0. The number of halogens is 1. The molecule has 0 fully saturated rings. The highest BCUT2D eigenvalue weighted by Gasteiger charge is 2.25. The number of carbonyl (C=O) groups excluding carboxylic acids is 1. The van der Waals surface area contributed by atoms with Crippen LogP contribution in [0.2, 0.25) is 5.02 Å². The average molecular weight is 588 g/mol. The minimum Gasteiger partial charge on any atom is -0.494 e. The third-order valence-electron chi connectivity index (χ3n) is 6.96. The van der Waals surface area contributed by atoms with Crippen molar-refractivity contribution in [3.8, 4) is 17.0 Å². The van der Waals surface area contributed by atoms with Crippen LogP contribution in [0, 0.1) is 20.8 Å². The zero-order chi connectivity index (χ0) is 29.1. The molecule has 0 saturated heterocycles. The average Bonchev–Trinajstić information content (AvgIpc) is 3.33. The maximum absolute atomic E-state index is 13.5. The van der Waals surface area contributed by atoms with Crippen LogP contribution in [0.1, 0.15) is 39.2 Å². The minimum absolute atomic E-state index is 0.0118. The van der Waals surface area contributed by atoms with Crippen molar-refractivity contribution in [1.82, 2.24) is 14.7 Å². The van der Waals surface area contributed by atoms with Crippen LogP contribution in [0.4, 0.5) is 0 Å². The summed E-state index contributed by atoms with van der Waals surface area (Å²) in [7, 11) is -4.07. The Morgan fingerprint density at radius 2 is 1.68 bits per heavy atom. The molecule has 0 saturated carbocycles. The van der Waals surface area contributed by atoms with E-state index in [-0.39, 0.29) is 10.6 Å². The summed E-state index contributed by atoms with van der Waals surface area (Å²) in [4.78, 5) is 21.3. The number of para-hydroxylation sites is 1. The van der Waals surface area contributed by atoms with Gasteiger partial charge < -0.3 is 9.72 Å². The van der Waals surface area contributed by atoms with E-state index < -0.39 is 15.9 Å². The summed E-state index contributed by atoms with van der Waals surface area (Å²) in [6.07, 6.45) is 2.79. The van der Waals surface area contributed by atoms with E-state index in [1.54, 1.807) is 24.4 Å². The lowest BCUT2D eigenvalue weighted by Crippen LogP contribution is -2.31. The first-order chi connectivity index (χ1) is 19.7. The fraction of sp³-hybridized carbons (Fsp3) is 0.188. The number of nitrogens with zero attached hydrogens (tertiary/aromatic N) is 1. The molecule has 210 valence electrons. The lowest BCUT2D eigenvalue weighted by Gasteiger charge is -2.11. The Kier molecular flexibility index (Phi) is 8.15. The van der Waals surface area contributed by atoms with Crippen LogP contribution in [0.15, 0.2) is 83.9 Å². The number of hydrogen-bond acceptors (Lipinski definition) is 5. The van der Waals surface area contributed by atoms with Gasteiger partial charge in [-0.05, 0) is 86.2 Å². The molecule has 0 atom stereocenters. The molecule has 1 amide bonds. The molecular weight excluding hydrogens is 558 g/mol. The molecule has 2 N–H and O–H groups in total. The summed E-state index contributed by atoms with van der Waals surface area (Å²) in [6.45, 7) is 6.24. The van der Waals surface area contributed by atoms with Crippen molar-refractivity contribution >= 4 is 38.4 Å². The van der Waals surface area contributed by atoms with Crippen LogP contribution in [-0.4, -0.2) is 30.9 Å². The summed E-state index contributed by atoms with van der Waals surface area (Å²) >= 11 is 6.29. The molecule has 5 aromatic rings. The van der Waals surface area contributed by atoms with Gasteiger partial charge >= 0.3 is 0 Å². The molecule has 0 aliphatic carbocycles. The van der Waals surface area contributed by atoms with E-state index in [0.29, 0.717) is 25.0 Å². The van der Waals surface area contributed by atoms with E-state index in [9.17, 15) is 13.2 Å². The number of H-pyrrole nitrogens is 1. The molecule has 0 aliphatic heterocycles. The van der Waals surface area contributed by atoms with Crippen molar-refractivity contribution in [1.29, 1.82) is 0 Å². The molecule has 3 aromatic carbocycles. The Labute approximate surface area is 244 Å². The predicted molar refractivity (Wildman–Crippen MR) is 162 cm³/mol. The van der Waals surface area contributed by atoms with Gasteiger partial charge in [-0.25, -0.2) is 13.1 Å². The molecular formula is C32H30ClN3O4S. The molecule has 9 heteroatoms. The third-order valence-corrected chi connectivity index (χ3v) is 8.91. The molecule has 0 bridgehead atoms. The van der Waals surface area contributed by atoms with Gasteiger partial charge in [-0.3, -0.25) is 9.78 Å². The van der Waals surface area contributed by atoms with Crippen LogP contribution in [0.3, 0.4) is 0 Å². The second kappa shape index (κ2) is 11.8. The van der Waals surface area contributed by atoms with E-state index in [1.165, 1.54) is 12.1 Å². The van der Waals surface area contributed by atoms with Crippen molar-refractivity contribution < 1.29 is 17.9 Å². The van der Waals surface area contributed by atoms with Gasteiger partial charge in [0.05, 0.1) is 22.7 Å². The van der Waals surface area contributed by atoms with Gasteiger partial charge in [0.25, 0.3) is 15.9 Å². The van der Waals surface area contributed by atoms with Gasteiger partial charge in [-0.15, -0.1) is 0 Å². The van der Waals surface area contributed by atoms with Gasteiger partial charge in [0.1, 0.15) is 11.4 Å². The first-order valence-corrected chi connectivity index (χ1v) is 15.1. The fourth-order valence-corrected chi connectivity index (χ4v) is 6.04. The van der Waals surface area contributed by atoms with Gasteiger partial charge in [-0.2, -0.15) is 0 Å². The first-order valence-electron chi connectivity index (χ1n) is 13.2. The van der Waals surface area contributed by atoms with Gasteiger partial charge in [-0.1, -0.05) is 54.1 Å². The Morgan fingerprint density at radius 1 is 0.951 bits per heavy atom. The van der Waals surface area contributed by atoms with Crippen molar-refractivity contribution in [3.63, 3.8) is 0 Å². The highest BCUT2D eigenvalue weighted by atomic mass is 35.5. The number of aromatic nitrogens is 2. The zero-order valence-corrected chi connectivity index (χ0v) is 24.6. The van der Waals surface area contributed by atoms with Gasteiger partial charge in [0.15, 0.2) is 0 Å². The van der Waals surface area contributed by atoms with Crippen molar-refractivity contribution in [2.75, 3.05) is 6.61 Å². The van der Waals surface area contributed by atoms with E-state index >= 15 is 0 Å². The van der Waals surface area contributed by atoms with E-state index in [0.717, 1.165) is 49.6 Å². The SMILES string of the molecule is Cc1cccnc1-c1cccc2c(CCCOc3cc(C)c(Cl)c(C)c3)c(C(=O)NS(=O)(=O)c3ccccc3)[nH]c12. The largest absolute Gasteiger partial charge is 0.494 e. The normalized spacial score (nSPS) is 11.5. The number of ether oxygens (including phenoxy) is 1.